The molecule has 8 aromatic rings. The van der Waals surface area contributed by atoms with Crippen molar-refractivity contribution in [2.45, 2.75) is 156 Å². The fourth-order valence-corrected chi connectivity index (χ4v) is 15.4. The van der Waals surface area contributed by atoms with Crippen LogP contribution in [-0.4, -0.2) is 11.3 Å². The number of anilines is 5. The van der Waals surface area contributed by atoms with Gasteiger partial charge >= 0.3 is 0 Å². The molecule has 0 fully saturated rings. The number of rotatable bonds is 3. The maximum atomic E-state index is 2.76. The molecule has 0 N–H and O–H groups in total. The summed E-state index contributed by atoms with van der Waals surface area (Å²) in [7, 11) is 0. The Labute approximate surface area is 440 Å². The first-order valence-corrected chi connectivity index (χ1v) is 28.3. The molecule has 1 unspecified atom stereocenters. The minimum absolute atomic E-state index is 0.00744. The van der Waals surface area contributed by atoms with Crippen LogP contribution in [0.5, 0.6) is 0 Å². The first-order chi connectivity index (χ1) is 34.4. The fourth-order valence-electron chi connectivity index (χ4n) is 14.1. The maximum absolute atomic E-state index is 2.76. The van der Waals surface area contributed by atoms with Crippen LogP contribution in [0.4, 0.5) is 28.4 Å². The molecule has 0 saturated heterocycles. The van der Waals surface area contributed by atoms with Crippen LogP contribution in [0.1, 0.15) is 157 Å². The normalized spacial score (nSPS) is 20.3. The van der Waals surface area contributed by atoms with E-state index in [0.717, 1.165) is 6.42 Å². The number of hydrogen-bond donors (Lipinski definition) is 0. The van der Waals surface area contributed by atoms with E-state index in [-0.39, 0.29) is 39.2 Å². The minimum Gasteiger partial charge on any atom is -0.312 e. The van der Waals surface area contributed by atoms with Crippen LogP contribution in [0.2, 0.25) is 0 Å². The van der Waals surface area contributed by atoms with Gasteiger partial charge in [0.1, 0.15) is 0 Å². The standard InChI is InChI=1S/C68H74BN3S/c1-63(2,3)41-24-30-59-48(35-41)61-62(73-59)69-53-36-42(64(4,5)6)23-29-56(53)70(43-25-27-49-51(37-43)67(11,12)33-31-65(49,7)8)57-39-45(71-54-21-17-15-19-46(54)47-20-16-18-22-55(47)71)40-58(60(57)69)72(61)44-26-28-50-52(38-44)68(13,14)34-32-66(50,9)10/h15-30,35,37-40,42H,31-34,36H2,1-14H3. The Morgan fingerprint density at radius 3 is 1.60 bits per heavy atom. The highest BCUT2D eigenvalue weighted by molar-refractivity contribution is 7.32. The Hall–Kier alpha value is -5.78. The molecule has 0 spiro atoms. The number of nitrogens with zero attached hydrogens (tertiary/aromatic N) is 3. The van der Waals surface area contributed by atoms with Crippen molar-refractivity contribution in [1.29, 1.82) is 0 Å². The number of fused-ring (bicyclic) bond motifs is 10. The predicted molar refractivity (Wildman–Crippen MR) is 317 cm³/mol. The van der Waals surface area contributed by atoms with Crippen LogP contribution >= 0.6 is 11.3 Å². The smallest absolute Gasteiger partial charge is 0.260 e. The lowest BCUT2D eigenvalue weighted by molar-refractivity contribution is 0.291. The Morgan fingerprint density at radius 2 is 1.05 bits per heavy atom. The molecule has 3 aliphatic carbocycles. The molecular formula is C68H74BN3S. The lowest BCUT2D eigenvalue weighted by atomic mass is 9.34. The molecule has 13 rings (SSSR count). The maximum Gasteiger partial charge on any atom is 0.260 e. The first kappa shape index (κ1) is 47.0. The SMILES string of the molecule is CC(C)(C)c1ccc2sc3c(c2c1)N(c1ccc2c(c1)C(C)(C)CCC2(C)C)c1cc(-n2c4ccccc4c4ccccc42)cc2c1B3C1=C(C=CC(C(C)(C)C)C1)N2c1ccc2c(c1)C(C)(C)CCC2(C)C. The summed E-state index contributed by atoms with van der Waals surface area (Å²) in [6.07, 6.45) is 10.8. The highest BCUT2D eigenvalue weighted by Gasteiger charge is 2.49. The molecule has 3 nitrogen and oxygen atoms in total. The molecular weight excluding hydrogens is 902 g/mol. The molecule has 5 aliphatic rings. The fraction of sp³-hybridized carbons (Fsp3) is 0.382. The van der Waals surface area contributed by atoms with Gasteiger partial charge < -0.3 is 14.4 Å². The lowest BCUT2D eigenvalue weighted by Gasteiger charge is -2.47. The van der Waals surface area contributed by atoms with Crippen molar-refractivity contribution in [3.63, 3.8) is 0 Å². The molecule has 5 heteroatoms. The average molecular weight is 976 g/mol. The molecule has 0 amide bonds. The van der Waals surface area contributed by atoms with E-state index < -0.39 is 0 Å². The van der Waals surface area contributed by atoms with Gasteiger partial charge in [-0.2, -0.15) is 0 Å². The van der Waals surface area contributed by atoms with Gasteiger partial charge in [0.15, 0.2) is 0 Å². The molecule has 0 radical (unpaired) electrons. The molecule has 370 valence electrons. The molecule has 6 aromatic carbocycles. The summed E-state index contributed by atoms with van der Waals surface area (Å²) in [4.78, 5) is 5.48. The largest absolute Gasteiger partial charge is 0.312 e. The van der Waals surface area contributed by atoms with Gasteiger partial charge in [0.2, 0.25) is 0 Å². The monoisotopic (exact) mass is 976 g/mol. The second-order valence-corrected chi connectivity index (χ2v) is 28.7. The van der Waals surface area contributed by atoms with Crippen molar-refractivity contribution in [2.24, 2.45) is 11.3 Å². The molecule has 0 bridgehead atoms. The number of thiophene rings is 1. The van der Waals surface area contributed by atoms with Crippen LogP contribution in [0.15, 0.2) is 139 Å². The second kappa shape index (κ2) is 15.4. The molecule has 4 heterocycles. The summed E-state index contributed by atoms with van der Waals surface area (Å²) < 4.78 is 5.40. The van der Waals surface area contributed by atoms with Gasteiger partial charge in [-0.15, -0.1) is 11.3 Å². The van der Waals surface area contributed by atoms with Gasteiger partial charge in [-0.3, -0.25) is 0 Å². The van der Waals surface area contributed by atoms with E-state index >= 15 is 0 Å². The van der Waals surface area contributed by atoms with E-state index in [1.54, 1.807) is 5.47 Å². The Bertz CT molecular complexity index is 3670. The zero-order valence-corrected chi connectivity index (χ0v) is 46.9. The van der Waals surface area contributed by atoms with Gasteiger partial charge in [-0.05, 0) is 171 Å². The topological polar surface area (TPSA) is 11.4 Å². The quantitative estimate of drug-likeness (QED) is 0.163. The van der Waals surface area contributed by atoms with Crippen molar-refractivity contribution in [3.05, 3.63) is 166 Å². The third-order valence-corrected chi connectivity index (χ3v) is 20.1. The highest BCUT2D eigenvalue weighted by atomic mass is 32.1. The summed E-state index contributed by atoms with van der Waals surface area (Å²) in [5, 5.41) is 3.93. The minimum atomic E-state index is -0.00744. The van der Waals surface area contributed by atoms with Crippen LogP contribution in [-0.2, 0) is 27.1 Å². The van der Waals surface area contributed by atoms with Crippen molar-refractivity contribution in [2.75, 3.05) is 9.80 Å². The third-order valence-electron chi connectivity index (χ3n) is 18.9. The number of para-hydroxylation sites is 2. The van der Waals surface area contributed by atoms with Gasteiger partial charge in [0.05, 0.1) is 22.4 Å². The first-order valence-electron chi connectivity index (χ1n) is 27.5. The van der Waals surface area contributed by atoms with Crippen LogP contribution in [0, 0.1) is 11.3 Å². The van der Waals surface area contributed by atoms with Gasteiger partial charge in [0, 0.05) is 54.1 Å². The van der Waals surface area contributed by atoms with Crippen LogP contribution < -0.4 is 20.0 Å². The van der Waals surface area contributed by atoms with Gasteiger partial charge in [-0.25, -0.2) is 0 Å². The van der Waals surface area contributed by atoms with Crippen molar-refractivity contribution in [1.82, 2.24) is 4.57 Å². The Balaban J connectivity index is 1.19. The average Bonchev–Trinajstić information content (AvgIpc) is 3.89. The zero-order chi connectivity index (χ0) is 51.1. The third kappa shape index (κ3) is 6.95. The Kier molecular flexibility index (Phi) is 9.91. The van der Waals surface area contributed by atoms with E-state index in [4.69, 9.17) is 0 Å². The van der Waals surface area contributed by atoms with E-state index in [0.29, 0.717) is 5.92 Å². The number of aromatic nitrogens is 1. The van der Waals surface area contributed by atoms with E-state index in [9.17, 15) is 0 Å². The molecule has 2 aliphatic heterocycles. The number of allylic oxidation sites excluding steroid dienone is 3. The Morgan fingerprint density at radius 1 is 0.534 bits per heavy atom. The zero-order valence-electron chi connectivity index (χ0n) is 46.1. The highest BCUT2D eigenvalue weighted by Crippen LogP contribution is 2.56. The number of benzene rings is 6. The van der Waals surface area contributed by atoms with E-state index in [1.807, 2.05) is 11.3 Å². The summed E-state index contributed by atoms with van der Waals surface area (Å²) in [5.74, 6) is 0.396. The lowest BCUT2D eigenvalue weighted by Crippen LogP contribution is -2.56. The summed E-state index contributed by atoms with van der Waals surface area (Å²) in [6, 6.07) is 45.9. The van der Waals surface area contributed by atoms with E-state index in [1.165, 1.54) is 135 Å². The number of hydrogen-bond acceptors (Lipinski definition) is 3. The van der Waals surface area contributed by atoms with E-state index in [2.05, 4.69) is 239 Å². The molecule has 73 heavy (non-hydrogen) atoms. The van der Waals surface area contributed by atoms with Crippen LogP contribution in [0.3, 0.4) is 0 Å². The van der Waals surface area contributed by atoms with Gasteiger partial charge in [0.25, 0.3) is 6.71 Å². The summed E-state index contributed by atoms with van der Waals surface area (Å²) in [5.41, 5.74) is 22.2. The summed E-state index contributed by atoms with van der Waals surface area (Å²) >= 11 is 2.05. The summed E-state index contributed by atoms with van der Waals surface area (Å²) in [6.45, 7) is 34.3. The predicted octanol–water partition coefficient (Wildman–Crippen LogP) is 18.0. The van der Waals surface area contributed by atoms with Crippen molar-refractivity contribution >= 4 is 88.6 Å². The molecule has 0 saturated carbocycles. The second-order valence-electron chi connectivity index (χ2n) is 27.6. The van der Waals surface area contributed by atoms with Crippen LogP contribution in [0.25, 0.3) is 37.6 Å². The van der Waals surface area contributed by atoms with Gasteiger partial charge in [-0.1, -0.05) is 163 Å². The molecule has 1 atom stereocenters. The molecule has 2 aromatic heterocycles. The van der Waals surface area contributed by atoms with Crippen molar-refractivity contribution in [3.8, 4) is 5.69 Å². The van der Waals surface area contributed by atoms with Crippen molar-refractivity contribution < 1.29 is 0 Å².